The number of nitrogens with one attached hydrogen (secondary N) is 1. The zero-order chi connectivity index (χ0) is 28.9. The summed E-state index contributed by atoms with van der Waals surface area (Å²) in [5.74, 6) is -0.668. The molecule has 0 aliphatic carbocycles. The molecule has 2 amide bonds. The Hall–Kier alpha value is -3.72. The van der Waals surface area contributed by atoms with Gasteiger partial charge in [0.15, 0.2) is 0 Å². The molecule has 0 spiro atoms. The van der Waals surface area contributed by atoms with Gasteiger partial charge in [0.2, 0.25) is 0 Å². The van der Waals surface area contributed by atoms with Crippen molar-refractivity contribution in [1.82, 2.24) is 4.90 Å². The van der Waals surface area contributed by atoms with Crippen molar-refractivity contribution in [2.75, 3.05) is 49.6 Å². The number of rotatable bonds is 6. The van der Waals surface area contributed by atoms with Crippen LogP contribution in [-0.4, -0.2) is 62.1 Å². The molecule has 3 aromatic carbocycles. The van der Waals surface area contributed by atoms with Crippen LogP contribution < -0.4 is 10.2 Å². The van der Waals surface area contributed by atoms with E-state index in [1.165, 1.54) is 0 Å². The smallest absolute Gasteiger partial charge is 0.320 e. The van der Waals surface area contributed by atoms with Gasteiger partial charge >= 0.3 is 5.97 Å². The van der Waals surface area contributed by atoms with Crippen molar-refractivity contribution in [3.05, 3.63) is 93.5 Å². The second kappa shape index (κ2) is 12.9. The average Bonchev–Trinajstić information content (AvgIpc) is 3.12. The second-order valence-corrected chi connectivity index (χ2v) is 10.9. The summed E-state index contributed by atoms with van der Waals surface area (Å²) in [7, 11) is 0. The van der Waals surface area contributed by atoms with Gasteiger partial charge in [0.25, 0.3) is 11.8 Å². The molecule has 2 aliphatic rings. The first-order chi connectivity index (χ1) is 19.8. The Morgan fingerprint density at radius 3 is 2.49 bits per heavy atom. The van der Waals surface area contributed by atoms with Crippen molar-refractivity contribution in [2.45, 2.75) is 32.8 Å². The number of aryl methyl sites for hydroxylation is 2. The van der Waals surface area contributed by atoms with Gasteiger partial charge in [0.05, 0.1) is 25.4 Å². The molecule has 3 aromatic rings. The molecule has 41 heavy (non-hydrogen) atoms. The molecule has 5 rings (SSSR count). The van der Waals surface area contributed by atoms with Gasteiger partial charge in [-0.25, -0.2) is 0 Å². The molecule has 8 nitrogen and oxygen atoms in total. The lowest BCUT2D eigenvalue weighted by atomic mass is 10.0. The molecule has 1 fully saturated rings. The third-order valence-corrected chi connectivity index (χ3v) is 7.79. The molecule has 0 bridgehead atoms. The standard InChI is InChI=1S/C32H34ClN3O5/c1-21-6-3-4-7-25(21)31(38)34-24-10-11-26(22(2)18-24)32(39)36-13-5-8-29(27-19-23(33)9-12-28(27)36)41-30(37)20-35-14-16-40-17-15-35/h3-4,6-7,9-12,18-19,29H,5,8,13-17,20H2,1-2H3,(H,34,38). The van der Waals surface area contributed by atoms with Gasteiger partial charge in [-0.2, -0.15) is 0 Å². The number of hydrogen-bond donors (Lipinski definition) is 1. The van der Waals surface area contributed by atoms with Crippen LogP contribution in [0.25, 0.3) is 0 Å². The molecular weight excluding hydrogens is 542 g/mol. The zero-order valence-corrected chi connectivity index (χ0v) is 24.1. The summed E-state index contributed by atoms with van der Waals surface area (Å²) in [6.45, 7) is 7.01. The quantitative estimate of drug-likeness (QED) is 0.387. The van der Waals surface area contributed by atoms with Crippen molar-refractivity contribution < 1.29 is 23.9 Å². The van der Waals surface area contributed by atoms with E-state index >= 15 is 0 Å². The Bertz CT molecular complexity index is 1450. The summed E-state index contributed by atoms with van der Waals surface area (Å²) in [5, 5.41) is 3.44. The van der Waals surface area contributed by atoms with Crippen LogP contribution in [0.3, 0.4) is 0 Å². The number of esters is 1. The Labute approximate surface area is 245 Å². The van der Waals surface area contributed by atoms with Crippen molar-refractivity contribution in [1.29, 1.82) is 0 Å². The number of ether oxygens (including phenoxy) is 2. The molecule has 0 radical (unpaired) electrons. The molecule has 1 N–H and O–H groups in total. The maximum absolute atomic E-state index is 13.9. The van der Waals surface area contributed by atoms with Crippen LogP contribution in [0.15, 0.2) is 60.7 Å². The number of fused-ring (bicyclic) bond motifs is 1. The predicted molar refractivity (Wildman–Crippen MR) is 159 cm³/mol. The minimum Gasteiger partial charge on any atom is -0.456 e. The number of anilines is 2. The maximum Gasteiger partial charge on any atom is 0.320 e. The van der Waals surface area contributed by atoms with Crippen LogP contribution in [0.5, 0.6) is 0 Å². The highest BCUT2D eigenvalue weighted by Gasteiger charge is 2.30. The van der Waals surface area contributed by atoms with E-state index in [4.69, 9.17) is 21.1 Å². The Kier molecular flexibility index (Phi) is 9.03. The topological polar surface area (TPSA) is 88.2 Å². The summed E-state index contributed by atoms with van der Waals surface area (Å²) in [6, 6.07) is 18.0. The lowest BCUT2D eigenvalue weighted by molar-refractivity contribution is -0.152. The third kappa shape index (κ3) is 6.78. The van der Waals surface area contributed by atoms with Crippen LogP contribution in [-0.2, 0) is 14.3 Å². The Balaban J connectivity index is 1.34. The highest BCUT2D eigenvalue weighted by molar-refractivity contribution is 6.30. The van der Waals surface area contributed by atoms with E-state index in [9.17, 15) is 14.4 Å². The molecule has 1 atom stereocenters. The number of carbonyl (C=O) groups excluding carboxylic acids is 3. The number of halogens is 1. The highest BCUT2D eigenvalue weighted by Crippen LogP contribution is 2.38. The summed E-state index contributed by atoms with van der Waals surface area (Å²) < 4.78 is 11.3. The highest BCUT2D eigenvalue weighted by atomic mass is 35.5. The van der Waals surface area contributed by atoms with Gasteiger partial charge in [-0.1, -0.05) is 29.8 Å². The Morgan fingerprint density at radius 1 is 0.951 bits per heavy atom. The average molecular weight is 576 g/mol. The molecule has 2 heterocycles. The number of hydrogen-bond acceptors (Lipinski definition) is 6. The molecule has 2 aliphatic heterocycles. The predicted octanol–water partition coefficient (Wildman–Crippen LogP) is 5.57. The molecule has 0 aromatic heterocycles. The molecule has 0 saturated carbocycles. The first kappa shape index (κ1) is 28.8. The fraction of sp³-hybridized carbons (Fsp3) is 0.344. The summed E-state index contributed by atoms with van der Waals surface area (Å²) in [5.41, 5.74) is 4.77. The largest absolute Gasteiger partial charge is 0.456 e. The number of nitrogens with zero attached hydrogens (tertiary/aromatic N) is 2. The first-order valence-corrected chi connectivity index (χ1v) is 14.3. The van der Waals surface area contributed by atoms with Crippen molar-refractivity contribution in [2.24, 2.45) is 0 Å². The van der Waals surface area contributed by atoms with E-state index in [-0.39, 0.29) is 24.3 Å². The van der Waals surface area contributed by atoms with Gasteiger partial charge in [-0.15, -0.1) is 0 Å². The van der Waals surface area contributed by atoms with Crippen molar-refractivity contribution in [3.63, 3.8) is 0 Å². The van der Waals surface area contributed by atoms with Crippen LogP contribution in [0, 0.1) is 13.8 Å². The molecule has 1 unspecified atom stereocenters. The molecule has 9 heteroatoms. The lowest BCUT2D eigenvalue weighted by Gasteiger charge is -2.27. The minimum absolute atomic E-state index is 0.164. The van der Waals surface area contributed by atoms with E-state index in [0.717, 1.165) is 16.7 Å². The molecular formula is C32H34ClN3O5. The number of amides is 2. The third-order valence-electron chi connectivity index (χ3n) is 7.55. The summed E-state index contributed by atoms with van der Waals surface area (Å²) >= 11 is 6.37. The normalized spacial score (nSPS) is 17.3. The number of carbonyl (C=O) groups is 3. The molecule has 214 valence electrons. The van der Waals surface area contributed by atoms with Crippen molar-refractivity contribution in [3.8, 4) is 0 Å². The van der Waals surface area contributed by atoms with E-state index in [0.29, 0.717) is 73.2 Å². The van der Waals surface area contributed by atoms with Gasteiger partial charge in [-0.3, -0.25) is 19.3 Å². The van der Waals surface area contributed by atoms with Gasteiger partial charge in [-0.05, 0) is 80.3 Å². The van der Waals surface area contributed by atoms with Crippen LogP contribution in [0.1, 0.15) is 56.4 Å². The molecule has 1 saturated heterocycles. The summed E-state index contributed by atoms with van der Waals surface area (Å²) in [4.78, 5) is 43.3. The van der Waals surface area contributed by atoms with E-state index in [1.54, 1.807) is 41.3 Å². The SMILES string of the molecule is Cc1ccccc1C(=O)Nc1ccc(C(=O)N2CCCC(OC(=O)CN3CCOCC3)c3cc(Cl)ccc32)c(C)c1. The van der Waals surface area contributed by atoms with E-state index in [2.05, 4.69) is 5.32 Å². The van der Waals surface area contributed by atoms with E-state index < -0.39 is 6.10 Å². The van der Waals surface area contributed by atoms with Gasteiger partial charge in [0, 0.05) is 47.0 Å². The number of benzene rings is 3. The fourth-order valence-corrected chi connectivity index (χ4v) is 5.54. The summed E-state index contributed by atoms with van der Waals surface area (Å²) in [6.07, 6.45) is 0.724. The second-order valence-electron chi connectivity index (χ2n) is 10.5. The monoisotopic (exact) mass is 575 g/mol. The lowest BCUT2D eigenvalue weighted by Crippen LogP contribution is -2.40. The van der Waals surface area contributed by atoms with E-state index in [1.807, 2.05) is 43.0 Å². The fourth-order valence-electron chi connectivity index (χ4n) is 5.36. The van der Waals surface area contributed by atoms with Gasteiger partial charge in [0.1, 0.15) is 6.10 Å². The minimum atomic E-state index is -0.504. The number of morpholine rings is 1. The van der Waals surface area contributed by atoms with Crippen LogP contribution in [0.4, 0.5) is 11.4 Å². The van der Waals surface area contributed by atoms with Crippen LogP contribution >= 0.6 is 11.6 Å². The van der Waals surface area contributed by atoms with Gasteiger partial charge < -0.3 is 19.7 Å². The zero-order valence-electron chi connectivity index (χ0n) is 23.3. The first-order valence-electron chi connectivity index (χ1n) is 13.9. The van der Waals surface area contributed by atoms with Crippen molar-refractivity contribution >= 4 is 40.8 Å². The Morgan fingerprint density at radius 2 is 1.73 bits per heavy atom. The maximum atomic E-state index is 13.9. The van der Waals surface area contributed by atoms with Crippen LogP contribution in [0.2, 0.25) is 5.02 Å².